The summed E-state index contributed by atoms with van der Waals surface area (Å²) in [7, 11) is 0. The molecule has 62 valence electrons. The van der Waals surface area contributed by atoms with E-state index in [4.69, 9.17) is 0 Å². The van der Waals surface area contributed by atoms with E-state index in [1.54, 1.807) is 0 Å². The maximum absolute atomic E-state index is 12.5. The number of hydrogen-bond donors (Lipinski definition) is 0. The van der Waals surface area contributed by atoms with E-state index in [1.807, 2.05) is 0 Å². The third kappa shape index (κ3) is 1.17. The number of carbonyl (C=O) groups excluding carboxylic acids is 2. The van der Waals surface area contributed by atoms with Crippen molar-refractivity contribution >= 4 is 11.6 Å². The van der Waals surface area contributed by atoms with Crippen LogP contribution in [0.3, 0.4) is 0 Å². The van der Waals surface area contributed by atoms with Crippen molar-refractivity contribution < 1.29 is 18.4 Å². The Morgan fingerprint density at radius 2 is 2.00 bits per heavy atom. The van der Waals surface area contributed by atoms with Gasteiger partial charge in [-0.05, 0) is 6.42 Å². The van der Waals surface area contributed by atoms with Crippen LogP contribution in [0.2, 0.25) is 0 Å². The summed E-state index contributed by atoms with van der Waals surface area (Å²) in [6.45, 7) is 1.42. The lowest BCUT2D eigenvalue weighted by atomic mass is 9.86. The van der Waals surface area contributed by atoms with Crippen molar-refractivity contribution in [3.8, 4) is 0 Å². The average molecular weight is 162 g/mol. The molecule has 0 aromatic rings. The van der Waals surface area contributed by atoms with Gasteiger partial charge in [-0.3, -0.25) is 9.59 Å². The van der Waals surface area contributed by atoms with Crippen LogP contribution in [0, 0.1) is 5.92 Å². The van der Waals surface area contributed by atoms with Gasteiger partial charge in [0.15, 0.2) is 0 Å². The molecule has 0 radical (unpaired) electrons. The molecule has 11 heavy (non-hydrogen) atoms. The zero-order chi connectivity index (χ0) is 8.65. The molecule has 1 atom stereocenters. The minimum Gasteiger partial charge on any atom is -0.292 e. The summed E-state index contributed by atoms with van der Waals surface area (Å²) in [6, 6.07) is 0. The molecule has 0 saturated heterocycles. The van der Waals surface area contributed by atoms with Gasteiger partial charge in [-0.25, -0.2) is 0 Å². The first kappa shape index (κ1) is 8.30. The SMILES string of the molecule is CC1CCC(=O)C(F)(F)C1=O. The number of carbonyl (C=O) groups is 2. The van der Waals surface area contributed by atoms with E-state index in [0.29, 0.717) is 0 Å². The highest BCUT2D eigenvalue weighted by Gasteiger charge is 2.51. The van der Waals surface area contributed by atoms with Crippen LogP contribution in [0.1, 0.15) is 19.8 Å². The van der Waals surface area contributed by atoms with Gasteiger partial charge >= 0.3 is 5.92 Å². The Kier molecular flexibility index (Phi) is 1.78. The zero-order valence-corrected chi connectivity index (χ0v) is 6.06. The molecule has 4 heteroatoms. The molecule has 2 nitrogen and oxygen atoms in total. The smallest absolute Gasteiger partial charge is 0.292 e. The number of hydrogen-bond acceptors (Lipinski definition) is 2. The number of Topliss-reactive ketones (excluding diaryl/α,β-unsaturated/α-hetero) is 2. The Morgan fingerprint density at radius 3 is 2.45 bits per heavy atom. The lowest BCUT2D eigenvalue weighted by Crippen LogP contribution is -2.45. The quantitative estimate of drug-likeness (QED) is 0.501. The van der Waals surface area contributed by atoms with Crippen LogP contribution in [0.5, 0.6) is 0 Å². The maximum atomic E-state index is 12.5. The zero-order valence-electron chi connectivity index (χ0n) is 6.06. The lowest BCUT2D eigenvalue weighted by molar-refractivity contribution is -0.163. The van der Waals surface area contributed by atoms with Gasteiger partial charge in [-0.1, -0.05) is 6.92 Å². The molecule has 1 saturated carbocycles. The summed E-state index contributed by atoms with van der Waals surface area (Å²) in [5, 5.41) is 0. The van der Waals surface area contributed by atoms with Gasteiger partial charge in [0.1, 0.15) is 0 Å². The normalized spacial score (nSPS) is 30.6. The van der Waals surface area contributed by atoms with Crippen molar-refractivity contribution in [3.63, 3.8) is 0 Å². The molecule has 0 spiro atoms. The molecular formula is C7H8F2O2. The Labute approximate surface area is 62.6 Å². The summed E-state index contributed by atoms with van der Waals surface area (Å²) >= 11 is 0. The monoisotopic (exact) mass is 162 g/mol. The van der Waals surface area contributed by atoms with Crippen molar-refractivity contribution in [3.05, 3.63) is 0 Å². The molecule has 1 fully saturated rings. The fraction of sp³-hybridized carbons (Fsp3) is 0.714. The summed E-state index contributed by atoms with van der Waals surface area (Å²) in [4.78, 5) is 21.2. The molecule has 1 unspecified atom stereocenters. The number of ketones is 2. The Balaban J connectivity index is 2.90. The summed E-state index contributed by atoms with van der Waals surface area (Å²) in [5.74, 6) is -6.85. The minimum atomic E-state index is -3.71. The second-order valence-electron chi connectivity index (χ2n) is 2.80. The van der Waals surface area contributed by atoms with Crippen molar-refractivity contribution in [1.82, 2.24) is 0 Å². The van der Waals surface area contributed by atoms with Gasteiger partial charge in [0.05, 0.1) is 0 Å². The summed E-state index contributed by atoms with van der Waals surface area (Å²) in [6.07, 6.45) is 0.0766. The molecule has 1 aliphatic rings. The van der Waals surface area contributed by atoms with Gasteiger partial charge < -0.3 is 0 Å². The molecular weight excluding hydrogens is 154 g/mol. The average Bonchev–Trinajstić information content (AvgIpc) is 1.95. The molecule has 0 N–H and O–H groups in total. The Hall–Kier alpha value is -0.800. The van der Waals surface area contributed by atoms with E-state index in [9.17, 15) is 18.4 Å². The second kappa shape index (κ2) is 2.36. The van der Waals surface area contributed by atoms with Gasteiger partial charge in [0, 0.05) is 12.3 Å². The van der Waals surface area contributed by atoms with E-state index in [1.165, 1.54) is 6.92 Å². The fourth-order valence-electron chi connectivity index (χ4n) is 1.08. The fourth-order valence-corrected chi connectivity index (χ4v) is 1.08. The first-order chi connectivity index (χ1) is 4.96. The molecule has 0 aromatic carbocycles. The van der Waals surface area contributed by atoms with Crippen molar-refractivity contribution in [2.24, 2.45) is 5.92 Å². The molecule has 0 heterocycles. The summed E-state index contributed by atoms with van der Waals surface area (Å²) in [5.41, 5.74) is 0. The van der Waals surface area contributed by atoms with E-state index in [-0.39, 0.29) is 12.8 Å². The molecule has 0 amide bonds. The first-order valence-electron chi connectivity index (χ1n) is 3.41. The van der Waals surface area contributed by atoms with E-state index < -0.39 is 23.4 Å². The maximum Gasteiger partial charge on any atom is 0.362 e. The highest BCUT2D eigenvalue weighted by molar-refractivity contribution is 6.11. The van der Waals surface area contributed by atoms with Gasteiger partial charge in [0.2, 0.25) is 11.6 Å². The highest BCUT2D eigenvalue weighted by Crippen LogP contribution is 2.30. The van der Waals surface area contributed by atoms with Gasteiger partial charge in [-0.15, -0.1) is 0 Å². The van der Waals surface area contributed by atoms with Crippen LogP contribution >= 0.6 is 0 Å². The third-order valence-electron chi connectivity index (χ3n) is 1.91. The Morgan fingerprint density at radius 1 is 1.45 bits per heavy atom. The van der Waals surface area contributed by atoms with E-state index >= 15 is 0 Å². The van der Waals surface area contributed by atoms with E-state index in [0.717, 1.165) is 0 Å². The molecule has 0 aliphatic heterocycles. The predicted octanol–water partition coefficient (Wildman–Crippen LogP) is 1.19. The molecule has 0 aromatic heterocycles. The highest BCUT2D eigenvalue weighted by atomic mass is 19.3. The second-order valence-corrected chi connectivity index (χ2v) is 2.80. The lowest BCUT2D eigenvalue weighted by Gasteiger charge is -2.23. The third-order valence-corrected chi connectivity index (χ3v) is 1.91. The van der Waals surface area contributed by atoms with Crippen LogP contribution in [-0.2, 0) is 9.59 Å². The van der Waals surface area contributed by atoms with Crippen LogP contribution in [0.25, 0.3) is 0 Å². The van der Waals surface area contributed by atoms with Gasteiger partial charge in [0.25, 0.3) is 0 Å². The topological polar surface area (TPSA) is 34.1 Å². The van der Waals surface area contributed by atoms with Crippen molar-refractivity contribution in [2.75, 3.05) is 0 Å². The summed E-state index contributed by atoms with van der Waals surface area (Å²) < 4.78 is 25.1. The molecule has 0 bridgehead atoms. The van der Waals surface area contributed by atoms with Crippen LogP contribution in [0.15, 0.2) is 0 Å². The number of halogens is 2. The van der Waals surface area contributed by atoms with Crippen LogP contribution in [-0.4, -0.2) is 17.5 Å². The van der Waals surface area contributed by atoms with Crippen molar-refractivity contribution in [1.29, 1.82) is 0 Å². The van der Waals surface area contributed by atoms with Crippen LogP contribution < -0.4 is 0 Å². The number of rotatable bonds is 0. The predicted molar refractivity (Wildman–Crippen MR) is 33.4 cm³/mol. The largest absolute Gasteiger partial charge is 0.362 e. The molecule has 1 aliphatic carbocycles. The van der Waals surface area contributed by atoms with Gasteiger partial charge in [-0.2, -0.15) is 8.78 Å². The standard InChI is InChI=1S/C7H8F2O2/c1-4-2-3-5(10)7(8,9)6(4)11/h4H,2-3H2,1H3. The first-order valence-corrected chi connectivity index (χ1v) is 3.41. The Bertz CT molecular complexity index is 210. The van der Waals surface area contributed by atoms with E-state index in [2.05, 4.69) is 0 Å². The van der Waals surface area contributed by atoms with Crippen LogP contribution in [0.4, 0.5) is 8.78 Å². The molecule has 1 rings (SSSR count). The number of alkyl halides is 2. The van der Waals surface area contributed by atoms with Crippen molar-refractivity contribution in [2.45, 2.75) is 25.7 Å². The minimum absolute atomic E-state index is 0.181.